The molecule has 6 unspecified atom stereocenters. The van der Waals surface area contributed by atoms with Gasteiger partial charge in [-0.05, 0) is 54.9 Å². The number of nitrogens with one attached hydrogen (secondary N) is 1. The van der Waals surface area contributed by atoms with Crippen molar-refractivity contribution in [2.24, 2.45) is 23.7 Å². The Bertz CT molecular complexity index is 474. The zero-order chi connectivity index (χ0) is 14.2. The van der Waals surface area contributed by atoms with E-state index in [4.69, 9.17) is 4.74 Å². The minimum absolute atomic E-state index is 0.348. The Labute approximate surface area is 128 Å². The lowest BCUT2D eigenvalue weighted by Crippen LogP contribution is -2.42. The molecule has 0 heterocycles. The summed E-state index contributed by atoms with van der Waals surface area (Å²) in [4.78, 5) is 0. The van der Waals surface area contributed by atoms with Crippen molar-refractivity contribution in [3.05, 3.63) is 35.9 Å². The molecule has 2 heteroatoms. The van der Waals surface area contributed by atoms with Gasteiger partial charge in [-0.2, -0.15) is 0 Å². The van der Waals surface area contributed by atoms with E-state index in [0.29, 0.717) is 6.04 Å². The number of hydrogen-bond donors (Lipinski definition) is 1. The van der Waals surface area contributed by atoms with E-state index in [2.05, 4.69) is 35.6 Å². The van der Waals surface area contributed by atoms with Crippen molar-refractivity contribution in [1.29, 1.82) is 0 Å². The van der Waals surface area contributed by atoms with E-state index in [-0.39, 0.29) is 0 Å². The molecule has 1 aromatic rings. The minimum Gasteiger partial charge on any atom is -0.383 e. The van der Waals surface area contributed by atoms with Crippen LogP contribution in [0.2, 0.25) is 0 Å². The molecule has 6 atom stereocenters. The maximum absolute atomic E-state index is 5.47. The monoisotopic (exact) mass is 285 g/mol. The summed E-state index contributed by atoms with van der Waals surface area (Å²) in [6.45, 7) is 0.770. The van der Waals surface area contributed by atoms with E-state index in [1.165, 1.54) is 37.7 Å². The SMILES string of the molecule is COCC(NC1CC2CC1C1CCCC21)c1ccccc1. The Balaban J connectivity index is 1.47. The summed E-state index contributed by atoms with van der Waals surface area (Å²) in [5.41, 5.74) is 1.37. The Kier molecular flexibility index (Phi) is 3.76. The van der Waals surface area contributed by atoms with Crippen LogP contribution in [0.25, 0.3) is 0 Å². The summed E-state index contributed by atoms with van der Waals surface area (Å²) in [6, 6.07) is 11.9. The molecule has 0 amide bonds. The summed E-state index contributed by atoms with van der Waals surface area (Å²) in [5.74, 6) is 4.05. The Hall–Kier alpha value is -0.860. The predicted molar refractivity (Wildman–Crippen MR) is 85.0 cm³/mol. The van der Waals surface area contributed by atoms with Gasteiger partial charge in [0.1, 0.15) is 0 Å². The van der Waals surface area contributed by atoms with E-state index in [0.717, 1.165) is 36.3 Å². The molecule has 3 saturated carbocycles. The van der Waals surface area contributed by atoms with Crippen LogP contribution in [-0.4, -0.2) is 19.8 Å². The molecular formula is C19H27NO. The third-order valence-electron chi connectivity index (χ3n) is 6.38. The minimum atomic E-state index is 0.348. The molecular weight excluding hydrogens is 258 g/mol. The predicted octanol–water partition coefficient (Wildman–Crippen LogP) is 3.79. The third kappa shape index (κ3) is 2.43. The van der Waals surface area contributed by atoms with E-state index in [9.17, 15) is 0 Å². The number of fused-ring (bicyclic) bond motifs is 5. The summed E-state index contributed by atoms with van der Waals surface area (Å²) in [5, 5.41) is 3.95. The molecule has 114 valence electrons. The average Bonchev–Trinajstić information content (AvgIpc) is 3.20. The lowest BCUT2D eigenvalue weighted by Gasteiger charge is -2.34. The van der Waals surface area contributed by atoms with Gasteiger partial charge in [-0.3, -0.25) is 0 Å². The van der Waals surface area contributed by atoms with Crippen molar-refractivity contribution >= 4 is 0 Å². The van der Waals surface area contributed by atoms with Gasteiger partial charge < -0.3 is 10.1 Å². The number of ether oxygens (including phenoxy) is 1. The zero-order valence-corrected chi connectivity index (χ0v) is 13.0. The van der Waals surface area contributed by atoms with Crippen LogP contribution in [0.5, 0.6) is 0 Å². The first-order valence-corrected chi connectivity index (χ1v) is 8.66. The van der Waals surface area contributed by atoms with Gasteiger partial charge in [-0.1, -0.05) is 36.8 Å². The number of benzene rings is 1. The maximum atomic E-state index is 5.47. The Morgan fingerprint density at radius 3 is 2.71 bits per heavy atom. The average molecular weight is 285 g/mol. The van der Waals surface area contributed by atoms with E-state index in [1.807, 2.05) is 7.11 Å². The first kappa shape index (κ1) is 13.8. The normalized spacial score (nSPS) is 38.6. The standard InChI is InChI=1S/C19H27NO/c1-21-12-19(13-6-3-2-4-7-13)20-18-11-14-10-17(18)16-9-5-8-15(14)16/h2-4,6-7,14-20H,5,8-12H2,1H3. The largest absolute Gasteiger partial charge is 0.383 e. The van der Waals surface area contributed by atoms with Crippen LogP contribution in [0.1, 0.15) is 43.7 Å². The first-order valence-electron chi connectivity index (χ1n) is 8.66. The second-order valence-electron chi connectivity index (χ2n) is 7.35. The molecule has 1 N–H and O–H groups in total. The van der Waals surface area contributed by atoms with Crippen LogP contribution in [-0.2, 0) is 4.74 Å². The van der Waals surface area contributed by atoms with Gasteiger partial charge in [0.05, 0.1) is 12.6 Å². The summed E-state index contributed by atoms with van der Waals surface area (Å²) >= 11 is 0. The van der Waals surface area contributed by atoms with Crippen molar-refractivity contribution in [1.82, 2.24) is 5.32 Å². The molecule has 0 spiro atoms. The lowest BCUT2D eigenvalue weighted by atomic mass is 9.79. The van der Waals surface area contributed by atoms with E-state index < -0.39 is 0 Å². The van der Waals surface area contributed by atoms with Gasteiger partial charge in [0, 0.05) is 13.2 Å². The van der Waals surface area contributed by atoms with E-state index >= 15 is 0 Å². The highest BCUT2D eigenvalue weighted by atomic mass is 16.5. The van der Waals surface area contributed by atoms with Gasteiger partial charge in [-0.15, -0.1) is 0 Å². The molecule has 0 radical (unpaired) electrons. The van der Waals surface area contributed by atoms with Gasteiger partial charge in [0.25, 0.3) is 0 Å². The van der Waals surface area contributed by atoms with Crippen molar-refractivity contribution in [2.45, 2.75) is 44.2 Å². The first-order chi connectivity index (χ1) is 10.4. The van der Waals surface area contributed by atoms with Crippen molar-refractivity contribution in [2.75, 3.05) is 13.7 Å². The fraction of sp³-hybridized carbons (Fsp3) is 0.684. The molecule has 0 aromatic heterocycles. The second kappa shape index (κ2) is 5.73. The van der Waals surface area contributed by atoms with Crippen molar-refractivity contribution in [3.63, 3.8) is 0 Å². The van der Waals surface area contributed by atoms with Crippen LogP contribution in [0.3, 0.4) is 0 Å². The Morgan fingerprint density at radius 2 is 1.90 bits per heavy atom. The molecule has 1 aromatic carbocycles. The Morgan fingerprint density at radius 1 is 1.10 bits per heavy atom. The highest BCUT2D eigenvalue weighted by molar-refractivity contribution is 5.20. The van der Waals surface area contributed by atoms with Gasteiger partial charge in [0.15, 0.2) is 0 Å². The number of rotatable bonds is 5. The van der Waals surface area contributed by atoms with Crippen LogP contribution in [0.4, 0.5) is 0 Å². The van der Waals surface area contributed by atoms with Crippen LogP contribution in [0.15, 0.2) is 30.3 Å². The van der Waals surface area contributed by atoms with Gasteiger partial charge in [0.2, 0.25) is 0 Å². The van der Waals surface area contributed by atoms with Crippen molar-refractivity contribution < 1.29 is 4.74 Å². The van der Waals surface area contributed by atoms with E-state index in [1.54, 1.807) is 0 Å². The zero-order valence-electron chi connectivity index (χ0n) is 13.0. The molecule has 0 saturated heterocycles. The molecule has 0 aliphatic heterocycles. The topological polar surface area (TPSA) is 21.3 Å². The summed E-state index contributed by atoms with van der Waals surface area (Å²) in [7, 11) is 1.81. The molecule has 3 aliphatic carbocycles. The summed E-state index contributed by atoms with van der Waals surface area (Å²) < 4.78 is 5.47. The molecule has 3 aliphatic rings. The second-order valence-corrected chi connectivity index (χ2v) is 7.35. The number of hydrogen-bond acceptors (Lipinski definition) is 2. The molecule has 21 heavy (non-hydrogen) atoms. The fourth-order valence-electron chi connectivity index (χ4n) is 5.61. The fourth-order valence-corrected chi connectivity index (χ4v) is 5.61. The van der Waals surface area contributed by atoms with Gasteiger partial charge in [-0.25, -0.2) is 0 Å². The van der Waals surface area contributed by atoms with Crippen LogP contribution < -0.4 is 5.32 Å². The lowest BCUT2D eigenvalue weighted by molar-refractivity contribution is 0.138. The molecule has 2 bridgehead atoms. The van der Waals surface area contributed by atoms with Crippen molar-refractivity contribution in [3.8, 4) is 0 Å². The summed E-state index contributed by atoms with van der Waals surface area (Å²) in [6.07, 6.45) is 7.37. The third-order valence-corrected chi connectivity index (χ3v) is 6.38. The van der Waals surface area contributed by atoms with Crippen LogP contribution >= 0.6 is 0 Å². The van der Waals surface area contributed by atoms with Gasteiger partial charge >= 0.3 is 0 Å². The number of methoxy groups -OCH3 is 1. The highest BCUT2D eigenvalue weighted by Gasteiger charge is 2.53. The molecule has 3 fully saturated rings. The molecule has 4 rings (SSSR count). The highest BCUT2D eigenvalue weighted by Crippen LogP contribution is 2.58. The smallest absolute Gasteiger partial charge is 0.0657 e. The molecule has 2 nitrogen and oxygen atoms in total. The quantitative estimate of drug-likeness (QED) is 0.888. The maximum Gasteiger partial charge on any atom is 0.0657 e. The van der Waals surface area contributed by atoms with Crippen LogP contribution in [0, 0.1) is 23.7 Å².